The number of nitriles is 1. The molecule has 0 aromatic heterocycles. The summed E-state index contributed by atoms with van der Waals surface area (Å²) in [5.74, 6) is -0.782. The molecule has 17 heavy (non-hydrogen) atoms. The molecule has 3 nitrogen and oxygen atoms in total. The van der Waals surface area contributed by atoms with Crippen LogP contribution in [-0.4, -0.2) is 17.0 Å². The fourth-order valence-corrected chi connectivity index (χ4v) is 1.85. The second kappa shape index (κ2) is 6.93. The number of halogens is 1. The zero-order valence-electron chi connectivity index (χ0n) is 9.40. The quantitative estimate of drug-likeness (QED) is 0.624. The Morgan fingerprint density at radius 1 is 1.35 bits per heavy atom. The van der Waals surface area contributed by atoms with Crippen LogP contribution in [0, 0.1) is 11.3 Å². The third-order valence-electron chi connectivity index (χ3n) is 2.62. The van der Waals surface area contributed by atoms with Gasteiger partial charge in [0.25, 0.3) is 0 Å². The van der Waals surface area contributed by atoms with E-state index in [0.29, 0.717) is 17.9 Å². The summed E-state index contributed by atoms with van der Waals surface area (Å²) in [6.45, 7) is 0. The lowest BCUT2D eigenvalue weighted by Gasteiger charge is -2.12. The highest BCUT2D eigenvalue weighted by Gasteiger charge is 2.18. The van der Waals surface area contributed by atoms with E-state index in [9.17, 15) is 4.79 Å². The molecule has 0 heterocycles. The van der Waals surface area contributed by atoms with Gasteiger partial charge >= 0.3 is 5.97 Å². The Bertz CT molecular complexity index is 408. The van der Waals surface area contributed by atoms with E-state index in [1.165, 1.54) is 0 Å². The highest BCUT2D eigenvalue weighted by atomic mass is 35.5. The van der Waals surface area contributed by atoms with Gasteiger partial charge in [-0.15, -0.1) is 11.6 Å². The van der Waals surface area contributed by atoms with Crippen molar-refractivity contribution in [1.82, 2.24) is 0 Å². The molecule has 1 N–H and O–H groups in total. The first-order chi connectivity index (χ1) is 8.19. The maximum absolute atomic E-state index is 11.2. The fraction of sp³-hybridized carbons (Fsp3) is 0.385. The molecule has 4 heteroatoms. The minimum absolute atomic E-state index is 0.508. The Kier molecular flexibility index (Phi) is 5.51. The zero-order chi connectivity index (χ0) is 12.7. The van der Waals surface area contributed by atoms with Gasteiger partial charge in [-0.25, -0.2) is 0 Å². The van der Waals surface area contributed by atoms with Crippen LogP contribution in [0.25, 0.3) is 0 Å². The normalized spacial score (nSPS) is 11.8. The molecule has 0 aliphatic heterocycles. The first-order valence-electron chi connectivity index (χ1n) is 5.48. The van der Waals surface area contributed by atoms with E-state index in [4.69, 9.17) is 22.0 Å². The van der Waals surface area contributed by atoms with Gasteiger partial charge < -0.3 is 5.11 Å². The molecule has 0 aliphatic rings. The predicted molar refractivity (Wildman–Crippen MR) is 66.1 cm³/mol. The van der Waals surface area contributed by atoms with Crippen molar-refractivity contribution < 1.29 is 9.90 Å². The summed E-state index contributed by atoms with van der Waals surface area (Å²) in [6, 6.07) is 8.71. The van der Waals surface area contributed by atoms with Crippen molar-refractivity contribution in [2.75, 3.05) is 5.88 Å². The van der Waals surface area contributed by atoms with Crippen LogP contribution < -0.4 is 0 Å². The Morgan fingerprint density at radius 2 is 2.00 bits per heavy atom. The number of carboxylic acid groups (broad SMARTS) is 1. The molecular formula is C13H14ClNO2. The molecule has 1 atom stereocenters. The first kappa shape index (κ1) is 13.5. The van der Waals surface area contributed by atoms with E-state index in [1.54, 1.807) is 24.3 Å². The van der Waals surface area contributed by atoms with Crippen molar-refractivity contribution in [1.29, 1.82) is 5.26 Å². The van der Waals surface area contributed by atoms with Gasteiger partial charge in [0.2, 0.25) is 0 Å². The molecule has 0 amide bonds. The van der Waals surface area contributed by atoms with E-state index in [0.717, 1.165) is 18.4 Å². The smallest absolute Gasteiger partial charge is 0.310 e. The number of carboxylic acids is 1. The number of benzene rings is 1. The number of aliphatic carboxylic acids is 1. The average Bonchev–Trinajstić information content (AvgIpc) is 2.34. The monoisotopic (exact) mass is 251 g/mol. The number of hydrogen-bond acceptors (Lipinski definition) is 2. The minimum atomic E-state index is -0.829. The van der Waals surface area contributed by atoms with E-state index in [2.05, 4.69) is 0 Å². The van der Waals surface area contributed by atoms with Crippen molar-refractivity contribution in [3.8, 4) is 6.07 Å². The lowest BCUT2D eigenvalue weighted by atomic mass is 9.93. The van der Waals surface area contributed by atoms with Gasteiger partial charge in [-0.3, -0.25) is 4.79 Å². The van der Waals surface area contributed by atoms with Crippen LogP contribution in [0.3, 0.4) is 0 Å². The average molecular weight is 252 g/mol. The van der Waals surface area contributed by atoms with Crippen LogP contribution in [0.15, 0.2) is 24.3 Å². The summed E-state index contributed by atoms with van der Waals surface area (Å²) < 4.78 is 0. The minimum Gasteiger partial charge on any atom is -0.481 e. The van der Waals surface area contributed by atoms with Crippen molar-refractivity contribution in [3.05, 3.63) is 35.4 Å². The van der Waals surface area contributed by atoms with Gasteiger partial charge in [0.1, 0.15) is 0 Å². The second-order valence-corrected chi connectivity index (χ2v) is 4.19. The summed E-state index contributed by atoms with van der Waals surface area (Å²) in [7, 11) is 0. The van der Waals surface area contributed by atoms with Crippen molar-refractivity contribution in [3.63, 3.8) is 0 Å². The van der Waals surface area contributed by atoms with Crippen LogP contribution in [0.1, 0.15) is 36.3 Å². The molecule has 0 saturated heterocycles. The number of alkyl halides is 1. The number of hydrogen-bond donors (Lipinski definition) is 1. The third kappa shape index (κ3) is 4.08. The molecule has 1 rings (SSSR count). The van der Waals surface area contributed by atoms with Gasteiger partial charge in [0.15, 0.2) is 0 Å². The van der Waals surface area contributed by atoms with Gasteiger partial charge in [0.05, 0.1) is 17.6 Å². The highest BCUT2D eigenvalue weighted by Crippen LogP contribution is 2.23. The van der Waals surface area contributed by atoms with Crippen LogP contribution >= 0.6 is 11.6 Å². The molecule has 1 aromatic rings. The Labute approximate surface area is 106 Å². The maximum atomic E-state index is 11.2. The standard InChI is InChI=1S/C13H14ClNO2/c14-8-2-1-3-12(13(16)17)11-6-4-10(9-15)5-7-11/h4-7,12H,1-3,8H2,(H,16,17). The Hall–Kier alpha value is -1.53. The van der Waals surface area contributed by atoms with Gasteiger partial charge in [-0.1, -0.05) is 18.6 Å². The molecule has 0 radical (unpaired) electrons. The van der Waals surface area contributed by atoms with Crippen LogP contribution in [0.4, 0.5) is 0 Å². The van der Waals surface area contributed by atoms with Gasteiger partial charge in [-0.05, 0) is 30.5 Å². The lowest BCUT2D eigenvalue weighted by molar-refractivity contribution is -0.139. The van der Waals surface area contributed by atoms with Gasteiger partial charge in [-0.2, -0.15) is 5.26 Å². The maximum Gasteiger partial charge on any atom is 0.310 e. The van der Waals surface area contributed by atoms with Gasteiger partial charge in [0, 0.05) is 5.88 Å². The summed E-state index contributed by atoms with van der Waals surface area (Å²) in [5, 5.41) is 17.8. The van der Waals surface area contributed by atoms with Crippen LogP contribution in [0.2, 0.25) is 0 Å². The van der Waals surface area contributed by atoms with E-state index in [1.807, 2.05) is 6.07 Å². The van der Waals surface area contributed by atoms with Crippen LogP contribution in [0.5, 0.6) is 0 Å². The largest absolute Gasteiger partial charge is 0.481 e. The number of rotatable bonds is 6. The predicted octanol–water partition coefficient (Wildman–Crippen LogP) is 3.14. The van der Waals surface area contributed by atoms with Crippen molar-refractivity contribution in [2.24, 2.45) is 0 Å². The number of unbranched alkanes of at least 4 members (excludes halogenated alkanes) is 1. The van der Waals surface area contributed by atoms with Crippen molar-refractivity contribution in [2.45, 2.75) is 25.2 Å². The molecule has 0 aliphatic carbocycles. The molecule has 0 saturated carbocycles. The summed E-state index contributed by atoms with van der Waals surface area (Å²) in [6.07, 6.45) is 2.19. The molecule has 1 aromatic carbocycles. The Balaban J connectivity index is 2.75. The SMILES string of the molecule is N#Cc1ccc(C(CCCCCl)C(=O)O)cc1. The van der Waals surface area contributed by atoms with E-state index < -0.39 is 11.9 Å². The third-order valence-corrected chi connectivity index (χ3v) is 2.88. The second-order valence-electron chi connectivity index (χ2n) is 3.81. The molecular weight excluding hydrogens is 238 g/mol. The van der Waals surface area contributed by atoms with E-state index >= 15 is 0 Å². The Morgan fingerprint density at radius 3 is 2.47 bits per heavy atom. The highest BCUT2D eigenvalue weighted by molar-refractivity contribution is 6.17. The number of nitrogens with zero attached hydrogens (tertiary/aromatic N) is 1. The van der Waals surface area contributed by atoms with Crippen LogP contribution in [-0.2, 0) is 4.79 Å². The topological polar surface area (TPSA) is 61.1 Å². The summed E-state index contributed by atoms with van der Waals surface area (Å²) in [4.78, 5) is 11.2. The van der Waals surface area contributed by atoms with Crippen molar-refractivity contribution >= 4 is 17.6 Å². The lowest BCUT2D eigenvalue weighted by Crippen LogP contribution is -2.11. The van der Waals surface area contributed by atoms with E-state index in [-0.39, 0.29) is 0 Å². The number of carbonyl (C=O) groups is 1. The first-order valence-corrected chi connectivity index (χ1v) is 6.01. The summed E-state index contributed by atoms with van der Waals surface area (Å²) >= 11 is 5.57. The molecule has 0 spiro atoms. The fourth-order valence-electron chi connectivity index (χ4n) is 1.67. The molecule has 0 bridgehead atoms. The molecule has 90 valence electrons. The zero-order valence-corrected chi connectivity index (χ0v) is 10.2. The molecule has 0 fully saturated rings. The molecule has 1 unspecified atom stereocenters. The summed E-state index contributed by atoms with van der Waals surface area (Å²) in [5.41, 5.74) is 1.28.